The minimum Gasteiger partial charge on any atom is -0.469 e. The highest BCUT2D eigenvalue weighted by Crippen LogP contribution is 2.14. The van der Waals surface area contributed by atoms with Gasteiger partial charge in [0.2, 0.25) is 0 Å². The summed E-state index contributed by atoms with van der Waals surface area (Å²) in [5, 5.41) is 0. The predicted octanol–water partition coefficient (Wildman–Crippen LogP) is 3.01. The molecule has 0 saturated heterocycles. The lowest BCUT2D eigenvalue weighted by Crippen LogP contribution is -2.00. The van der Waals surface area contributed by atoms with Crippen molar-refractivity contribution in [2.75, 3.05) is 14.2 Å². The molecule has 4 heteroatoms. The summed E-state index contributed by atoms with van der Waals surface area (Å²) >= 11 is 0. The van der Waals surface area contributed by atoms with Crippen LogP contribution < -0.4 is 0 Å². The second-order valence-corrected chi connectivity index (χ2v) is 4.32. The Labute approximate surface area is 109 Å². The van der Waals surface area contributed by atoms with Crippen molar-refractivity contribution in [2.24, 2.45) is 0 Å². The van der Waals surface area contributed by atoms with E-state index in [0.29, 0.717) is 12.8 Å². The fourth-order valence-corrected chi connectivity index (χ4v) is 1.62. The van der Waals surface area contributed by atoms with Crippen molar-refractivity contribution in [1.82, 2.24) is 0 Å². The van der Waals surface area contributed by atoms with E-state index < -0.39 is 0 Å². The third kappa shape index (κ3) is 9.87. The van der Waals surface area contributed by atoms with E-state index in [1.807, 2.05) is 0 Å². The van der Waals surface area contributed by atoms with Crippen molar-refractivity contribution in [1.29, 1.82) is 0 Å². The Morgan fingerprint density at radius 1 is 0.778 bits per heavy atom. The van der Waals surface area contributed by atoms with Gasteiger partial charge in [-0.05, 0) is 38.5 Å². The van der Waals surface area contributed by atoms with Crippen molar-refractivity contribution < 1.29 is 19.1 Å². The summed E-state index contributed by atoms with van der Waals surface area (Å²) in [7, 11) is 2.81. The van der Waals surface area contributed by atoms with Gasteiger partial charge in [0.25, 0.3) is 0 Å². The summed E-state index contributed by atoms with van der Waals surface area (Å²) in [6.07, 6.45) is 6.44. The molecule has 0 unspecified atom stereocenters. The number of unbranched alkanes of at least 4 members (excludes halogenated alkanes) is 2. The van der Waals surface area contributed by atoms with E-state index in [2.05, 4.69) is 16.1 Å². The fourth-order valence-electron chi connectivity index (χ4n) is 1.62. The van der Waals surface area contributed by atoms with Crippen LogP contribution in [0.1, 0.15) is 51.4 Å². The number of rotatable bonds is 10. The van der Waals surface area contributed by atoms with E-state index in [1.165, 1.54) is 19.8 Å². The zero-order chi connectivity index (χ0) is 13.8. The zero-order valence-corrected chi connectivity index (χ0v) is 11.5. The van der Waals surface area contributed by atoms with Gasteiger partial charge < -0.3 is 9.47 Å². The predicted molar refractivity (Wildman–Crippen MR) is 70.1 cm³/mol. The van der Waals surface area contributed by atoms with E-state index in [0.717, 1.165) is 38.5 Å². The van der Waals surface area contributed by atoms with Gasteiger partial charge in [0, 0.05) is 12.8 Å². The lowest BCUT2D eigenvalue weighted by atomic mass is 10.0. The standard InChI is InChI=1S/C14H24O4/c1-12(8-4-6-10-13(15)17-2)9-5-7-11-14(16)18-3/h1,4-11H2,2-3H3. The van der Waals surface area contributed by atoms with Crippen LogP contribution in [0.15, 0.2) is 12.2 Å². The maximum atomic E-state index is 10.9. The molecule has 0 aliphatic rings. The Hall–Kier alpha value is -1.32. The van der Waals surface area contributed by atoms with Crippen LogP contribution >= 0.6 is 0 Å². The van der Waals surface area contributed by atoms with Crippen LogP contribution in [-0.2, 0) is 19.1 Å². The average molecular weight is 256 g/mol. The third-order valence-corrected chi connectivity index (χ3v) is 2.78. The first-order chi connectivity index (χ1) is 8.60. The van der Waals surface area contributed by atoms with Gasteiger partial charge in [-0.15, -0.1) is 0 Å². The molecule has 0 aliphatic heterocycles. The van der Waals surface area contributed by atoms with Crippen molar-refractivity contribution in [3.63, 3.8) is 0 Å². The molecule has 0 heterocycles. The number of allylic oxidation sites excluding steroid dienone is 1. The van der Waals surface area contributed by atoms with Crippen LogP contribution in [0.2, 0.25) is 0 Å². The van der Waals surface area contributed by atoms with Crippen LogP contribution in [0.25, 0.3) is 0 Å². The van der Waals surface area contributed by atoms with Gasteiger partial charge in [-0.25, -0.2) is 0 Å². The molecule has 0 amide bonds. The van der Waals surface area contributed by atoms with E-state index in [1.54, 1.807) is 0 Å². The number of ether oxygens (including phenoxy) is 2. The van der Waals surface area contributed by atoms with Gasteiger partial charge in [-0.3, -0.25) is 9.59 Å². The molecule has 0 aromatic heterocycles. The van der Waals surface area contributed by atoms with Crippen molar-refractivity contribution >= 4 is 11.9 Å². The van der Waals surface area contributed by atoms with Crippen molar-refractivity contribution in [2.45, 2.75) is 51.4 Å². The first kappa shape index (κ1) is 16.7. The number of hydrogen-bond acceptors (Lipinski definition) is 4. The Bertz CT molecular complexity index is 245. The Morgan fingerprint density at radius 2 is 1.11 bits per heavy atom. The van der Waals surface area contributed by atoms with Crippen LogP contribution in [-0.4, -0.2) is 26.2 Å². The van der Waals surface area contributed by atoms with Crippen LogP contribution in [0.4, 0.5) is 0 Å². The maximum Gasteiger partial charge on any atom is 0.305 e. The van der Waals surface area contributed by atoms with E-state index >= 15 is 0 Å². The number of esters is 2. The molecular formula is C14H24O4. The number of carbonyl (C=O) groups is 2. The number of hydrogen-bond donors (Lipinski definition) is 0. The molecule has 0 atom stereocenters. The highest BCUT2D eigenvalue weighted by Gasteiger charge is 2.02. The molecule has 0 N–H and O–H groups in total. The van der Waals surface area contributed by atoms with Crippen LogP contribution in [0.3, 0.4) is 0 Å². The number of methoxy groups -OCH3 is 2. The van der Waals surface area contributed by atoms with Gasteiger partial charge in [0.1, 0.15) is 0 Å². The molecule has 0 saturated carbocycles. The SMILES string of the molecule is C=C(CCCCC(=O)OC)CCCCC(=O)OC. The smallest absolute Gasteiger partial charge is 0.305 e. The van der Waals surface area contributed by atoms with E-state index in [4.69, 9.17) is 0 Å². The number of carbonyl (C=O) groups excluding carboxylic acids is 2. The normalized spacial score (nSPS) is 9.89. The first-order valence-corrected chi connectivity index (χ1v) is 6.40. The van der Waals surface area contributed by atoms with E-state index in [9.17, 15) is 9.59 Å². The topological polar surface area (TPSA) is 52.6 Å². The van der Waals surface area contributed by atoms with Crippen molar-refractivity contribution in [3.8, 4) is 0 Å². The molecule has 0 rings (SSSR count). The molecule has 104 valence electrons. The average Bonchev–Trinajstić information content (AvgIpc) is 2.38. The molecule has 0 bridgehead atoms. The molecule has 0 radical (unpaired) electrons. The molecule has 0 spiro atoms. The Balaban J connectivity index is 3.38. The van der Waals surface area contributed by atoms with Crippen molar-refractivity contribution in [3.05, 3.63) is 12.2 Å². The summed E-state index contributed by atoms with van der Waals surface area (Å²) in [6.45, 7) is 4.00. The molecule has 0 aromatic rings. The van der Waals surface area contributed by atoms with Crippen LogP contribution in [0.5, 0.6) is 0 Å². The largest absolute Gasteiger partial charge is 0.469 e. The second-order valence-electron chi connectivity index (χ2n) is 4.32. The summed E-state index contributed by atoms with van der Waals surface area (Å²) in [5.41, 5.74) is 1.18. The van der Waals surface area contributed by atoms with Gasteiger partial charge in [0.05, 0.1) is 14.2 Å². The second kappa shape index (κ2) is 10.8. The Morgan fingerprint density at radius 3 is 1.44 bits per heavy atom. The van der Waals surface area contributed by atoms with Gasteiger partial charge in [-0.1, -0.05) is 12.2 Å². The Kier molecular flexibility index (Phi) is 10.0. The van der Waals surface area contributed by atoms with Gasteiger partial charge in [-0.2, -0.15) is 0 Å². The molecule has 0 fully saturated rings. The zero-order valence-electron chi connectivity index (χ0n) is 11.5. The lowest BCUT2D eigenvalue weighted by Gasteiger charge is -2.05. The summed E-state index contributed by atoms with van der Waals surface area (Å²) in [4.78, 5) is 21.7. The molecule has 18 heavy (non-hydrogen) atoms. The summed E-state index contributed by atoms with van der Waals surface area (Å²) in [5.74, 6) is -0.308. The summed E-state index contributed by atoms with van der Waals surface area (Å²) < 4.78 is 9.13. The monoisotopic (exact) mass is 256 g/mol. The van der Waals surface area contributed by atoms with Gasteiger partial charge in [0.15, 0.2) is 0 Å². The van der Waals surface area contributed by atoms with Crippen LogP contribution in [0, 0.1) is 0 Å². The molecular weight excluding hydrogens is 232 g/mol. The third-order valence-electron chi connectivity index (χ3n) is 2.78. The first-order valence-electron chi connectivity index (χ1n) is 6.40. The minimum atomic E-state index is -0.154. The fraction of sp³-hybridized carbons (Fsp3) is 0.714. The lowest BCUT2D eigenvalue weighted by molar-refractivity contribution is -0.141. The highest BCUT2D eigenvalue weighted by molar-refractivity contribution is 5.69. The van der Waals surface area contributed by atoms with E-state index in [-0.39, 0.29) is 11.9 Å². The highest BCUT2D eigenvalue weighted by atomic mass is 16.5. The van der Waals surface area contributed by atoms with Gasteiger partial charge >= 0.3 is 11.9 Å². The maximum absolute atomic E-state index is 10.9. The molecule has 0 aromatic carbocycles. The summed E-state index contributed by atoms with van der Waals surface area (Å²) in [6, 6.07) is 0. The quantitative estimate of drug-likeness (QED) is 0.342. The molecule has 4 nitrogen and oxygen atoms in total. The minimum absolute atomic E-state index is 0.154. The molecule has 0 aliphatic carbocycles.